The van der Waals surface area contributed by atoms with Gasteiger partial charge in [-0.3, -0.25) is 18.7 Å². The lowest BCUT2D eigenvalue weighted by Crippen LogP contribution is -2.63. The van der Waals surface area contributed by atoms with E-state index in [-0.39, 0.29) is 64.5 Å². The fraction of sp³-hybridized carbons (Fsp3) is 0.750. The van der Waals surface area contributed by atoms with Crippen molar-refractivity contribution in [1.29, 1.82) is 0 Å². The first kappa shape index (κ1) is 39.9. The molecular weight excluding hydrogens is 689 g/mol. The first-order valence-electron chi connectivity index (χ1n) is 16.0. The van der Waals surface area contributed by atoms with Gasteiger partial charge in [-0.05, 0) is 19.8 Å². The molecule has 0 aliphatic carbocycles. The van der Waals surface area contributed by atoms with Crippen LogP contribution in [0.5, 0.6) is 0 Å². The number of ether oxygens (including phenoxy) is 6. The second-order valence-corrected chi connectivity index (χ2v) is 12.4. The number of amides is 2. The molecule has 2 aromatic rings. The number of nitrogens with zero attached hydrogens (tertiary/aromatic N) is 4. The minimum Gasteiger partial charge on any atom is -0.388 e. The average molecular weight is 736 g/mol. The Kier molecular flexibility index (Phi) is 15.6. The van der Waals surface area contributed by atoms with Crippen molar-refractivity contribution in [3.63, 3.8) is 0 Å². The summed E-state index contributed by atoms with van der Waals surface area (Å²) in [5.41, 5.74) is 6.53. The zero-order valence-corrected chi connectivity index (χ0v) is 28.7. The van der Waals surface area contributed by atoms with Crippen LogP contribution in [0.25, 0.3) is 11.2 Å². The third-order valence-electron chi connectivity index (χ3n) is 7.92. The van der Waals surface area contributed by atoms with Crippen molar-refractivity contribution in [2.45, 2.75) is 88.3 Å². The summed E-state index contributed by atoms with van der Waals surface area (Å²) in [7, 11) is -3.26. The van der Waals surface area contributed by atoms with Gasteiger partial charge in [-0.1, -0.05) is 0 Å². The number of aliphatic hydroxyl groups is 3. The third-order valence-corrected chi connectivity index (χ3v) is 8.33. The number of rotatable bonds is 20. The highest BCUT2D eigenvalue weighted by atomic mass is 31.1. The maximum Gasteiger partial charge on any atom is 0.316 e. The van der Waals surface area contributed by atoms with Gasteiger partial charge in [0.1, 0.15) is 55.2 Å². The van der Waals surface area contributed by atoms with Gasteiger partial charge in [-0.15, -0.1) is 0 Å². The largest absolute Gasteiger partial charge is 0.388 e. The third kappa shape index (κ3) is 11.0. The van der Waals surface area contributed by atoms with Crippen LogP contribution < -0.4 is 16.4 Å². The zero-order valence-electron chi connectivity index (χ0n) is 27.7. The Balaban J connectivity index is 1.08. The van der Waals surface area contributed by atoms with Crippen molar-refractivity contribution in [3.05, 3.63) is 12.7 Å². The van der Waals surface area contributed by atoms with Crippen LogP contribution in [0.3, 0.4) is 0 Å². The van der Waals surface area contributed by atoms with Gasteiger partial charge in [0.25, 0.3) is 0 Å². The number of unbranched alkanes of at least 4 members (excludes halogenated alkanes) is 1. The van der Waals surface area contributed by atoms with Crippen molar-refractivity contribution in [2.24, 2.45) is 0 Å². The highest BCUT2D eigenvalue weighted by Gasteiger charge is 2.47. The van der Waals surface area contributed by atoms with Gasteiger partial charge < -0.3 is 69.5 Å². The first-order chi connectivity index (χ1) is 24.0. The second kappa shape index (κ2) is 19.6. The van der Waals surface area contributed by atoms with E-state index in [1.54, 1.807) is 6.92 Å². The number of carbonyl (C=O) groups is 2. The number of nitrogens with two attached hydrogens (primary N) is 1. The van der Waals surface area contributed by atoms with Crippen LogP contribution >= 0.6 is 8.25 Å². The summed E-state index contributed by atoms with van der Waals surface area (Å²) < 4.78 is 51.3. The maximum absolute atomic E-state index is 12.2. The lowest BCUT2D eigenvalue weighted by atomic mass is 9.97. The molecule has 50 heavy (non-hydrogen) atoms. The van der Waals surface area contributed by atoms with Gasteiger partial charge >= 0.3 is 8.25 Å². The van der Waals surface area contributed by atoms with E-state index in [4.69, 9.17) is 43.6 Å². The molecule has 0 bridgehead atoms. The number of carbonyl (C=O) groups excluding carboxylic acids is 2. The van der Waals surface area contributed by atoms with Gasteiger partial charge in [0.05, 0.1) is 38.9 Å². The lowest BCUT2D eigenvalue weighted by Gasteiger charge is -2.41. The number of hydrogen-bond donors (Lipinski definition) is 7. The summed E-state index contributed by atoms with van der Waals surface area (Å²) in [6.45, 7) is 3.35. The summed E-state index contributed by atoms with van der Waals surface area (Å²) in [6.07, 6.45) is -4.27. The van der Waals surface area contributed by atoms with Gasteiger partial charge in [-0.2, -0.15) is 0 Å². The number of aromatic nitrogens is 4. The quantitative estimate of drug-likeness (QED) is 0.0428. The lowest BCUT2D eigenvalue weighted by molar-refractivity contribution is -0.260. The number of aliphatic hydroxyl groups excluding tert-OH is 3. The number of anilines is 1. The summed E-state index contributed by atoms with van der Waals surface area (Å²) in [6, 6.07) is -0.922. The predicted molar refractivity (Wildman–Crippen MR) is 170 cm³/mol. The molecule has 2 aliphatic rings. The molecule has 0 radical (unpaired) electrons. The Bertz CT molecular complexity index is 1410. The predicted octanol–water partition coefficient (Wildman–Crippen LogP) is -2.28. The first-order valence-corrected chi connectivity index (χ1v) is 17.3. The van der Waals surface area contributed by atoms with E-state index in [2.05, 4.69) is 25.6 Å². The van der Waals surface area contributed by atoms with Crippen LogP contribution in [0.1, 0.15) is 39.3 Å². The van der Waals surface area contributed by atoms with E-state index >= 15 is 0 Å². The molecule has 4 rings (SSSR count). The zero-order chi connectivity index (χ0) is 36.2. The molecule has 2 saturated heterocycles. The van der Waals surface area contributed by atoms with E-state index in [9.17, 15) is 29.5 Å². The maximum atomic E-state index is 12.2. The van der Waals surface area contributed by atoms with E-state index in [1.807, 2.05) is 0 Å². The van der Waals surface area contributed by atoms with Crippen LogP contribution in [0.2, 0.25) is 0 Å². The number of nitrogens with one attached hydrogen (secondary N) is 2. The molecule has 10 atom stereocenters. The minimum absolute atomic E-state index is 0.140. The van der Waals surface area contributed by atoms with Crippen molar-refractivity contribution in [1.82, 2.24) is 30.2 Å². The molecule has 22 heteroatoms. The second-order valence-electron chi connectivity index (χ2n) is 11.6. The van der Waals surface area contributed by atoms with Gasteiger partial charge in [0.15, 0.2) is 24.0 Å². The fourth-order valence-corrected chi connectivity index (χ4v) is 5.68. The summed E-state index contributed by atoms with van der Waals surface area (Å²) in [4.78, 5) is 45.0. The fourth-order valence-electron chi connectivity index (χ4n) is 5.37. The molecule has 0 saturated carbocycles. The average Bonchev–Trinajstić information content (AvgIpc) is 3.64. The smallest absolute Gasteiger partial charge is 0.316 e. The number of imidazole rings is 1. The molecule has 2 aromatic heterocycles. The Morgan fingerprint density at radius 1 is 1.02 bits per heavy atom. The van der Waals surface area contributed by atoms with Crippen molar-refractivity contribution >= 4 is 37.1 Å². The summed E-state index contributed by atoms with van der Waals surface area (Å²) in [5, 5.41) is 36.5. The molecular formula is C28H46N7O14P. The van der Waals surface area contributed by atoms with Crippen LogP contribution in [0.15, 0.2) is 12.7 Å². The Morgan fingerprint density at radius 2 is 1.80 bits per heavy atom. The normalized spacial score (nSPS) is 28.9. The van der Waals surface area contributed by atoms with E-state index in [1.165, 1.54) is 24.1 Å². The molecule has 0 aromatic carbocycles. The number of nitrogen functional groups attached to an aromatic ring is 1. The van der Waals surface area contributed by atoms with Crippen LogP contribution in [-0.4, -0.2) is 147 Å². The molecule has 4 heterocycles. The van der Waals surface area contributed by atoms with E-state index in [0.717, 1.165) is 0 Å². The molecule has 1 unspecified atom stereocenters. The molecule has 2 aliphatic heterocycles. The highest BCUT2D eigenvalue weighted by molar-refractivity contribution is 7.32. The number of hydrogen-bond acceptors (Lipinski definition) is 17. The van der Waals surface area contributed by atoms with Crippen molar-refractivity contribution < 1.29 is 67.3 Å². The molecule has 8 N–H and O–H groups in total. The molecule has 0 spiro atoms. The Hall–Kier alpha value is -2.92. The van der Waals surface area contributed by atoms with Crippen molar-refractivity contribution in [3.8, 4) is 0 Å². The molecule has 21 nitrogen and oxygen atoms in total. The summed E-state index contributed by atoms with van der Waals surface area (Å²) in [5.74, 6) is -0.415. The highest BCUT2D eigenvalue weighted by Crippen LogP contribution is 2.35. The molecule has 282 valence electrons. The van der Waals surface area contributed by atoms with E-state index < -0.39 is 69.3 Å². The minimum atomic E-state index is -3.26. The van der Waals surface area contributed by atoms with Gasteiger partial charge in [-0.25, -0.2) is 15.0 Å². The Labute approximate surface area is 287 Å². The monoisotopic (exact) mass is 735 g/mol. The van der Waals surface area contributed by atoms with Crippen LogP contribution in [0, 0.1) is 0 Å². The number of fused-ring (bicyclic) bond motifs is 1. The summed E-state index contributed by atoms with van der Waals surface area (Å²) >= 11 is 0. The molecule has 2 amide bonds. The van der Waals surface area contributed by atoms with Crippen LogP contribution in [0.4, 0.5) is 5.82 Å². The molecule has 2 fully saturated rings. The van der Waals surface area contributed by atoms with Gasteiger partial charge in [0.2, 0.25) is 11.8 Å². The topological polar surface area (TPSA) is 290 Å². The standard InChI is InChI=1S/C28H46N7O14P/c1-15-21(38)23(40)19(34-16(2)36)28(48-15)45-7-4-3-5-18(37)30-6-8-43-9-10-44-14-46-24-22(39)17(11-47-50(41)42)49-27(24)35-13-33-20-25(29)31-12-32-26(20)35/h12-13,15,17,19,21-24,27-28,38-40,50H,3-11,14H2,1-2H3,(H,30,37)(H,34,36)(H,41,42)(H2,29,31,32)/t15-,17+,19-,21+,22+,23-,24+,27+,28-/m0/s1. The van der Waals surface area contributed by atoms with E-state index in [0.29, 0.717) is 24.0 Å². The van der Waals surface area contributed by atoms with Crippen LogP contribution in [-0.2, 0) is 47.1 Å². The van der Waals surface area contributed by atoms with Crippen molar-refractivity contribution in [2.75, 3.05) is 52.1 Å². The Morgan fingerprint density at radius 3 is 2.56 bits per heavy atom. The van der Waals surface area contributed by atoms with Gasteiger partial charge in [0, 0.05) is 26.5 Å². The SMILES string of the molecule is CC(=O)N[C@@H]1[C@@H](OCCCCC(=O)NCCOCCOCO[C@@H]2[C@H](O)[C@@H](CO[PH](=O)O)O[C@H]2n2cnc3c(N)ncnc32)O[C@@H](C)[C@@H](O)[C@H]1O.